The molecule has 0 N–H and O–H groups in total. The standard InChI is InChI=1S/C14H21BClNO3/c1-9(2)18-12-11(16)10(7-8-17-12)15-19-13(3,4)14(5,6)20-15/h7-9H,1-6H3. The minimum Gasteiger partial charge on any atom is -0.474 e. The average molecular weight is 298 g/mol. The monoisotopic (exact) mass is 297 g/mol. The molecule has 1 fully saturated rings. The van der Waals surface area contributed by atoms with Gasteiger partial charge >= 0.3 is 7.12 Å². The SMILES string of the molecule is CC(C)Oc1nccc(B2OC(C)(C)C(C)(C)O2)c1Cl. The predicted molar refractivity (Wildman–Crippen MR) is 80.7 cm³/mol. The maximum absolute atomic E-state index is 6.37. The van der Waals surface area contributed by atoms with Gasteiger partial charge in [0.25, 0.3) is 0 Å². The van der Waals surface area contributed by atoms with Gasteiger partial charge in [-0.3, -0.25) is 0 Å². The molecule has 1 aliphatic rings. The molecule has 0 atom stereocenters. The second-order valence-corrected chi connectivity index (χ2v) is 6.65. The van der Waals surface area contributed by atoms with Crippen LogP contribution >= 0.6 is 11.6 Å². The molecule has 0 radical (unpaired) electrons. The van der Waals surface area contributed by atoms with Crippen molar-refractivity contribution >= 4 is 24.2 Å². The third-order valence-electron chi connectivity index (χ3n) is 3.74. The number of nitrogens with zero attached hydrogens (tertiary/aromatic N) is 1. The summed E-state index contributed by atoms with van der Waals surface area (Å²) in [6.45, 7) is 11.9. The molecule has 20 heavy (non-hydrogen) atoms. The highest BCUT2D eigenvalue weighted by Crippen LogP contribution is 2.37. The fraction of sp³-hybridized carbons (Fsp3) is 0.643. The van der Waals surface area contributed by atoms with Crippen LogP contribution in [-0.2, 0) is 9.31 Å². The second kappa shape index (κ2) is 5.21. The van der Waals surface area contributed by atoms with E-state index in [4.69, 9.17) is 25.6 Å². The number of rotatable bonds is 3. The maximum Gasteiger partial charge on any atom is 0.496 e. The summed E-state index contributed by atoms with van der Waals surface area (Å²) in [5, 5.41) is 0.444. The third-order valence-corrected chi connectivity index (χ3v) is 4.12. The molecular formula is C14H21BClNO3. The highest BCUT2D eigenvalue weighted by Gasteiger charge is 2.52. The van der Waals surface area contributed by atoms with Crippen LogP contribution in [0.1, 0.15) is 41.5 Å². The topological polar surface area (TPSA) is 40.6 Å². The minimum atomic E-state index is -0.509. The maximum atomic E-state index is 6.37. The molecule has 4 nitrogen and oxygen atoms in total. The van der Waals surface area contributed by atoms with Crippen molar-refractivity contribution < 1.29 is 14.0 Å². The van der Waals surface area contributed by atoms with Gasteiger partial charge in [0, 0.05) is 11.7 Å². The molecule has 2 rings (SSSR count). The van der Waals surface area contributed by atoms with E-state index in [9.17, 15) is 0 Å². The Labute approximate surface area is 125 Å². The summed E-state index contributed by atoms with van der Waals surface area (Å²) >= 11 is 6.37. The van der Waals surface area contributed by atoms with Crippen molar-refractivity contribution in [1.29, 1.82) is 0 Å². The third kappa shape index (κ3) is 2.80. The van der Waals surface area contributed by atoms with Crippen molar-refractivity contribution in [2.75, 3.05) is 0 Å². The van der Waals surface area contributed by atoms with Gasteiger partial charge in [0.15, 0.2) is 0 Å². The van der Waals surface area contributed by atoms with E-state index in [1.165, 1.54) is 0 Å². The van der Waals surface area contributed by atoms with E-state index in [-0.39, 0.29) is 6.10 Å². The molecule has 0 aromatic carbocycles. The second-order valence-electron chi connectivity index (χ2n) is 6.27. The fourth-order valence-electron chi connectivity index (χ4n) is 1.90. The number of hydrogen-bond acceptors (Lipinski definition) is 4. The Morgan fingerprint density at radius 1 is 1.20 bits per heavy atom. The first kappa shape index (κ1) is 15.6. The molecule has 2 heterocycles. The average Bonchev–Trinajstić information content (AvgIpc) is 2.50. The van der Waals surface area contributed by atoms with Crippen LogP contribution in [0.4, 0.5) is 0 Å². The first-order valence-electron chi connectivity index (χ1n) is 6.81. The Hall–Kier alpha value is -0.775. The van der Waals surface area contributed by atoms with E-state index < -0.39 is 18.3 Å². The summed E-state index contributed by atoms with van der Waals surface area (Å²) in [6.07, 6.45) is 1.66. The fourth-order valence-corrected chi connectivity index (χ4v) is 2.14. The molecule has 1 saturated heterocycles. The van der Waals surface area contributed by atoms with Crippen molar-refractivity contribution in [3.8, 4) is 5.88 Å². The first-order valence-corrected chi connectivity index (χ1v) is 7.18. The Morgan fingerprint density at radius 2 is 1.75 bits per heavy atom. The van der Waals surface area contributed by atoms with Crippen molar-refractivity contribution in [3.63, 3.8) is 0 Å². The van der Waals surface area contributed by atoms with Gasteiger partial charge in [-0.25, -0.2) is 4.98 Å². The van der Waals surface area contributed by atoms with Crippen LogP contribution in [0.25, 0.3) is 0 Å². The molecule has 0 unspecified atom stereocenters. The van der Waals surface area contributed by atoms with Crippen LogP contribution in [0.3, 0.4) is 0 Å². The number of ether oxygens (including phenoxy) is 1. The predicted octanol–water partition coefficient (Wildman–Crippen LogP) is 2.82. The lowest BCUT2D eigenvalue weighted by Gasteiger charge is -2.32. The van der Waals surface area contributed by atoms with Gasteiger partial charge in [-0.2, -0.15) is 0 Å². The summed E-state index contributed by atoms with van der Waals surface area (Å²) in [4.78, 5) is 4.16. The van der Waals surface area contributed by atoms with E-state index in [0.717, 1.165) is 5.46 Å². The van der Waals surface area contributed by atoms with Gasteiger partial charge in [-0.15, -0.1) is 0 Å². The molecule has 1 aromatic rings. The number of hydrogen-bond donors (Lipinski definition) is 0. The molecule has 0 amide bonds. The van der Waals surface area contributed by atoms with Gasteiger partial charge in [0.2, 0.25) is 5.88 Å². The summed E-state index contributed by atoms with van der Waals surface area (Å²) in [6, 6.07) is 1.80. The van der Waals surface area contributed by atoms with Crippen LogP contribution in [0, 0.1) is 0 Å². The van der Waals surface area contributed by atoms with Crippen molar-refractivity contribution in [3.05, 3.63) is 17.3 Å². The Morgan fingerprint density at radius 3 is 2.25 bits per heavy atom. The lowest BCUT2D eigenvalue weighted by molar-refractivity contribution is 0.00578. The largest absolute Gasteiger partial charge is 0.496 e. The Bertz CT molecular complexity index is 489. The lowest BCUT2D eigenvalue weighted by Crippen LogP contribution is -2.41. The van der Waals surface area contributed by atoms with Crippen LogP contribution < -0.4 is 10.2 Å². The van der Waals surface area contributed by atoms with Gasteiger partial charge in [0.1, 0.15) is 5.02 Å². The number of halogens is 1. The van der Waals surface area contributed by atoms with Crippen molar-refractivity contribution in [2.24, 2.45) is 0 Å². The normalized spacial score (nSPS) is 20.5. The lowest BCUT2D eigenvalue weighted by atomic mass is 9.79. The molecule has 1 aromatic heterocycles. The van der Waals surface area contributed by atoms with Crippen molar-refractivity contribution in [1.82, 2.24) is 4.98 Å². The molecule has 0 bridgehead atoms. The first-order chi connectivity index (χ1) is 9.14. The summed E-state index contributed by atoms with van der Waals surface area (Å²) in [7, 11) is -0.509. The number of aromatic nitrogens is 1. The Kier molecular flexibility index (Phi) is 4.06. The van der Waals surface area contributed by atoms with E-state index in [0.29, 0.717) is 10.9 Å². The molecule has 6 heteroatoms. The van der Waals surface area contributed by atoms with Crippen LogP contribution in [0.2, 0.25) is 5.02 Å². The zero-order valence-corrected chi connectivity index (χ0v) is 13.6. The summed E-state index contributed by atoms with van der Waals surface area (Å²) in [5.74, 6) is 0.411. The molecule has 0 spiro atoms. The van der Waals surface area contributed by atoms with E-state index in [2.05, 4.69) is 4.98 Å². The van der Waals surface area contributed by atoms with Gasteiger partial charge < -0.3 is 14.0 Å². The molecular weight excluding hydrogens is 276 g/mol. The van der Waals surface area contributed by atoms with Crippen LogP contribution in [0.15, 0.2) is 12.3 Å². The van der Waals surface area contributed by atoms with Gasteiger partial charge in [-0.05, 0) is 47.6 Å². The van der Waals surface area contributed by atoms with Crippen LogP contribution in [0.5, 0.6) is 5.88 Å². The Balaban J connectivity index is 2.31. The summed E-state index contributed by atoms with van der Waals surface area (Å²) in [5.41, 5.74) is -0.0527. The molecule has 0 aliphatic carbocycles. The molecule has 1 aliphatic heterocycles. The highest BCUT2D eigenvalue weighted by atomic mass is 35.5. The van der Waals surface area contributed by atoms with E-state index in [1.807, 2.05) is 41.5 Å². The molecule has 0 saturated carbocycles. The van der Waals surface area contributed by atoms with Crippen LogP contribution in [-0.4, -0.2) is 29.4 Å². The number of pyridine rings is 1. The summed E-state index contributed by atoms with van der Waals surface area (Å²) < 4.78 is 17.6. The zero-order chi connectivity index (χ0) is 15.1. The quantitative estimate of drug-likeness (QED) is 0.805. The van der Waals surface area contributed by atoms with Gasteiger partial charge in [-0.1, -0.05) is 11.6 Å². The zero-order valence-electron chi connectivity index (χ0n) is 12.9. The molecule has 110 valence electrons. The smallest absolute Gasteiger partial charge is 0.474 e. The van der Waals surface area contributed by atoms with E-state index >= 15 is 0 Å². The van der Waals surface area contributed by atoms with Crippen molar-refractivity contribution in [2.45, 2.75) is 58.8 Å². The van der Waals surface area contributed by atoms with E-state index in [1.54, 1.807) is 12.3 Å². The van der Waals surface area contributed by atoms with Gasteiger partial charge in [0.05, 0.1) is 17.3 Å². The highest BCUT2D eigenvalue weighted by molar-refractivity contribution is 6.65. The minimum absolute atomic E-state index is 0.00791.